The lowest BCUT2D eigenvalue weighted by atomic mass is 10.1. The Kier molecular flexibility index (Phi) is 7.54. The van der Waals surface area contributed by atoms with Crippen LogP contribution in [0.15, 0.2) is 71.2 Å². The largest absolute Gasteiger partial charge is 0.340 e. The fourth-order valence-electron chi connectivity index (χ4n) is 3.98. The van der Waals surface area contributed by atoms with Crippen LogP contribution in [-0.2, 0) is 19.6 Å². The normalized spacial score (nSPS) is 17.2. The minimum Gasteiger partial charge on any atom is -0.340 e. The van der Waals surface area contributed by atoms with Gasteiger partial charge in [-0.1, -0.05) is 60.7 Å². The smallest absolute Gasteiger partial charge is 0.243 e. The topological polar surface area (TPSA) is 90.4 Å². The minimum atomic E-state index is -3.56. The van der Waals surface area contributed by atoms with Gasteiger partial charge in [0.05, 0.1) is 12.3 Å². The van der Waals surface area contributed by atoms with E-state index >= 15 is 0 Å². The molecule has 0 aliphatic carbocycles. The second kappa shape index (κ2) is 10.8. The van der Waals surface area contributed by atoms with Crippen molar-refractivity contribution < 1.29 is 18.0 Å². The molecule has 0 spiro atoms. The lowest BCUT2D eigenvalue weighted by Crippen LogP contribution is -2.50. The van der Waals surface area contributed by atoms with Crippen LogP contribution in [0.1, 0.15) is 30.4 Å². The van der Waals surface area contributed by atoms with Gasteiger partial charge in [-0.3, -0.25) is 9.59 Å². The molecule has 2 amide bonds. The highest BCUT2D eigenvalue weighted by Gasteiger charge is 2.28. The maximum Gasteiger partial charge on any atom is 0.243 e. The number of nitrogens with zero attached hydrogens (tertiary/aromatic N) is 4. The summed E-state index contributed by atoms with van der Waals surface area (Å²) in [4.78, 5) is 26.8. The molecule has 8 nitrogen and oxygen atoms in total. The molecule has 1 saturated heterocycles. The molecule has 0 unspecified atom stereocenters. The number of carbonyl (C=O) groups is 2. The molecule has 0 atom stereocenters. The highest BCUT2D eigenvalue weighted by Crippen LogP contribution is 2.16. The molecule has 0 aromatic heterocycles. The van der Waals surface area contributed by atoms with E-state index in [0.29, 0.717) is 26.1 Å². The number of hydrazone groups is 1. The van der Waals surface area contributed by atoms with Gasteiger partial charge in [0.25, 0.3) is 0 Å². The number of hydrogen-bond acceptors (Lipinski definition) is 5. The Morgan fingerprint density at radius 1 is 0.824 bits per heavy atom. The van der Waals surface area contributed by atoms with E-state index in [1.165, 1.54) is 14.7 Å². The molecule has 0 bridgehead atoms. The Bertz CT molecular complexity index is 1170. The van der Waals surface area contributed by atoms with Crippen LogP contribution in [0.25, 0.3) is 6.08 Å². The van der Waals surface area contributed by atoms with Crippen LogP contribution in [0.5, 0.6) is 0 Å². The zero-order chi connectivity index (χ0) is 24.0. The summed E-state index contributed by atoms with van der Waals surface area (Å²) >= 11 is 0. The number of hydrogen-bond donors (Lipinski definition) is 0. The first-order chi connectivity index (χ1) is 16.4. The van der Waals surface area contributed by atoms with Crippen LogP contribution in [0.2, 0.25) is 0 Å². The van der Waals surface area contributed by atoms with Crippen molar-refractivity contribution in [3.8, 4) is 0 Å². The third kappa shape index (κ3) is 5.98. The van der Waals surface area contributed by atoms with Gasteiger partial charge in [0.1, 0.15) is 0 Å². The number of carbonyl (C=O) groups excluding carboxylic acids is 2. The lowest BCUT2D eigenvalue weighted by Gasteiger charge is -2.33. The van der Waals surface area contributed by atoms with Crippen LogP contribution < -0.4 is 0 Å². The SMILES string of the molecule is O=C(CCC(=O)N1CCC(c2ccccc2)=N1)N1CCN(S(=O)(=O)/C=C/c2ccccc2)CC1. The Balaban J connectivity index is 1.23. The monoisotopic (exact) mass is 480 g/mol. The molecule has 2 aliphatic rings. The van der Waals surface area contributed by atoms with E-state index in [2.05, 4.69) is 5.10 Å². The van der Waals surface area contributed by atoms with Gasteiger partial charge in [0.2, 0.25) is 21.8 Å². The minimum absolute atomic E-state index is 0.0860. The summed E-state index contributed by atoms with van der Waals surface area (Å²) in [5.41, 5.74) is 2.68. The Morgan fingerprint density at radius 3 is 2.12 bits per heavy atom. The molecule has 1 fully saturated rings. The van der Waals surface area contributed by atoms with E-state index in [0.717, 1.165) is 16.8 Å². The van der Waals surface area contributed by atoms with Gasteiger partial charge in [-0.15, -0.1) is 0 Å². The van der Waals surface area contributed by atoms with Gasteiger partial charge in [0.15, 0.2) is 0 Å². The molecule has 4 rings (SSSR count). The van der Waals surface area contributed by atoms with Crippen molar-refractivity contribution in [3.63, 3.8) is 0 Å². The van der Waals surface area contributed by atoms with Crippen molar-refractivity contribution in [1.29, 1.82) is 0 Å². The average Bonchev–Trinajstić information content (AvgIpc) is 3.38. The molecule has 9 heteroatoms. The van der Waals surface area contributed by atoms with Crippen molar-refractivity contribution in [2.24, 2.45) is 5.10 Å². The molecular formula is C25H28N4O4S. The highest BCUT2D eigenvalue weighted by molar-refractivity contribution is 7.92. The summed E-state index contributed by atoms with van der Waals surface area (Å²) in [6.07, 6.45) is 2.44. The summed E-state index contributed by atoms with van der Waals surface area (Å²) in [7, 11) is -3.56. The van der Waals surface area contributed by atoms with Gasteiger partial charge < -0.3 is 4.90 Å². The van der Waals surface area contributed by atoms with Crippen molar-refractivity contribution in [1.82, 2.24) is 14.2 Å². The highest BCUT2D eigenvalue weighted by atomic mass is 32.2. The molecule has 2 aliphatic heterocycles. The predicted octanol–water partition coefficient (Wildman–Crippen LogP) is 2.55. The van der Waals surface area contributed by atoms with Crippen molar-refractivity contribution in [3.05, 3.63) is 77.2 Å². The molecule has 0 N–H and O–H groups in total. The second-order valence-corrected chi connectivity index (χ2v) is 10.0. The van der Waals surface area contributed by atoms with Crippen LogP contribution in [-0.4, -0.2) is 72.9 Å². The van der Waals surface area contributed by atoms with Gasteiger partial charge in [-0.05, 0) is 17.2 Å². The van der Waals surface area contributed by atoms with E-state index < -0.39 is 10.0 Å². The summed E-state index contributed by atoms with van der Waals surface area (Å²) in [5, 5.41) is 7.07. The van der Waals surface area contributed by atoms with Gasteiger partial charge in [-0.25, -0.2) is 13.4 Å². The van der Waals surface area contributed by atoms with Crippen LogP contribution in [0.4, 0.5) is 0 Å². The maximum atomic E-state index is 12.6. The first-order valence-electron chi connectivity index (χ1n) is 11.4. The number of sulfonamides is 1. The molecular weight excluding hydrogens is 452 g/mol. The first kappa shape index (κ1) is 23.8. The number of rotatable bonds is 7. The zero-order valence-electron chi connectivity index (χ0n) is 18.9. The molecule has 34 heavy (non-hydrogen) atoms. The quantitative estimate of drug-likeness (QED) is 0.609. The number of piperazine rings is 1. The van der Waals surface area contributed by atoms with Crippen LogP contribution in [0, 0.1) is 0 Å². The third-order valence-electron chi connectivity index (χ3n) is 5.93. The van der Waals surface area contributed by atoms with Crippen LogP contribution >= 0.6 is 0 Å². The van der Waals surface area contributed by atoms with E-state index in [4.69, 9.17) is 0 Å². The summed E-state index contributed by atoms with van der Waals surface area (Å²) in [5.74, 6) is -0.316. The Morgan fingerprint density at radius 2 is 1.44 bits per heavy atom. The maximum absolute atomic E-state index is 12.6. The summed E-state index contributed by atoms with van der Waals surface area (Å²) in [6, 6.07) is 19.0. The van der Waals surface area contributed by atoms with Crippen molar-refractivity contribution >= 4 is 33.6 Å². The summed E-state index contributed by atoms with van der Waals surface area (Å²) < 4.78 is 26.6. The molecule has 2 aromatic rings. The fourth-order valence-corrected chi connectivity index (χ4v) is 5.15. The molecule has 2 aromatic carbocycles. The van der Waals surface area contributed by atoms with Gasteiger partial charge in [-0.2, -0.15) is 9.41 Å². The summed E-state index contributed by atoms with van der Waals surface area (Å²) in [6.45, 7) is 1.61. The molecule has 2 heterocycles. The molecule has 0 saturated carbocycles. The van der Waals surface area contributed by atoms with E-state index in [1.54, 1.807) is 11.0 Å². The second-order valence-electron chi connectivity index (χ2n) is 8.22. The zero-order valence-corrected chi connectivity index (χ0v) is 19.7. The number of benzene rings is 2. The van der Waals surface area contributed by atoms with E-state index in [1.807, 2.05) is 60.7 Å². The molecule has 178 valence electrons. The first-order valence-corrected chi connectivity index (χ1v) is 12.9. The van der Waals surface area contributed by atoms with Gasteiger partial charge >= 0.3 is 0 Å². The third-order valence-corrected chi connectivity index (χ3v) is 7.50. The Labute approximate surface area is 200 Å². The Hall–Kier alpha value is -3.30. The number of amides is 2. The van der Waals surface area contributed by atoms with Crippen LogP contribution in [0.3, 0.4) is 0 Å². The van der Waals surface area contributed by atoms with Crippen molar-refractivity contribution in [2.75, 3.05) is 32.7 Å². The van der Waals surface area contributed by atoms with E-state index in [9.17, 15) is 18.0 Å². The fraction of sp³-hybridized carbons (Fsp3) is 0.320. The molecule has 0 radical (unpaired) electrons. The predicted molar refractivity (Wildman–Crippen MR) is 131 cm³/mol. The average molecular weight is 481 g/mol. The lowest BCUT2D eigenvalue weighted by molar-refractivity contribution is -0.137. The van der Waals surface area contributed by atoms with Crippen molar-refractivity contribution in [2.45, 2.75) is 19.3 Å². The standard InChI is InChI=1S/C25H28N4O4S/c30-24(11-12-25(31)29-15-13-23(26-29)22-9-5-2-6-10-22)27-16-18-28(19-17-27)34(32,33)20-14-21-7-3-1-4-8-21/h1-10,14,20H,11-13,15-19H2/b20-14+. The van der Waals surface area contributed by atoms with E-state index in [-0.39, 0.29) is 37.7 Å². The van der Waals surface area contributed by atoms with Gasteiger partial charge in [0, 0.05) is 50.8 Å².